The van der Waals surface area contributed by atoms with Crippen molar-refractivity contribution in [1.29, 1.82) is 0 Å². The van der Waals surface area contributed by atoms with E-state index in [-0.39, 0.29) is 5.91 Å². The molecule has 0 bridgehead atoms. The van der Waals surface area contributed by atoms with E-state index in [0.717, 1.165) is 23.1 Å². The number of nitrogens with zero attached hydrogens (tertiary/aromatic N) is 1. The number of carbonyl (C=O) groups excluding carboxylic acids is 2. The van der Waals surface area contributed by atoms with Gasteiger partial charge in [0.05, 0.1) is 4.91 Å². The summed E-state index contributed by atoms with van der Waals surface area (Å²) in [6, 6.07) is 23.9. The second-order valence-electron chi connectivity index (χ2n) is 8.52. The lowest BCUT2D eigenvalue weighted by molar-refractivity contribution is -0.122. The maximum atomic E-state index is 12.9. The van der Waals surface area contributed by atoms with Crippen LogP contribution in [0.1, 0.15) is 27.0 Å². The van der Waals surface area contributed by atoms with E-state index in [1.165, 1.54) is 11.8 Å². The fourth-order valence-electron chi connectivity index (χ4n) is 3.68. The van der Waals surface area contributed by atoms with E-state index < -0.39 is 15.9 Å². The topological polar surface area (TPSA) is 58.6 Å². The first kappa shape index (κ1) is 28.5. The van der Waals surface area contributed by atoms with Crippen LogP contribution in [0.15, 0.2) is 83.8 Å². The third-order valence-electron chi connectivity index (χ3n) is 5.61. The number of halogens is 3. The number of thiocarbonyl (C=S) groups is 1. The van der Waals surface area contributed by atoms with Gasteiger partial charge in [0, 0.05) is 12.1 Å². The zero-order chi connectivity index (χ0) is 27.3. The van der Waals surface area contributed by atoms with Gasteiger partial charge in [0.25, 0.3) is 11.8 Å². The maximum Gasteiger partial charge on any atom is 0.266 e. The van der Waals surface area contributed by atoms with Crippen molar-refractivity contribution in [2.24, 2.45) is 0 Å². The van der Waals surface area contributed by atoms with Gasteiger partial charge in [-0.3, -0.25) is 14.5 Å². The number of hydrogen-bond donors (Lipinski definition) is 1. The first-order valence-corrected chi connectivity index (χ1v) is 14.0. The quantitative estimate of drug-likeness (QED) is 0.130. The Balaban J connectivity index is 1.41. The molecule has 4 rings (SSSR count). The summed E-state index contributed by atoms with van der Waals surface area (Å²) in [6.45, 7) is 2.40. The van der Waals surface area contributed by atoms with E-state index in [4.69, 9.17) is 51.8 Å². The van der Waals surface area contributed by atoms with Gasteiger partial charge in [-0.1, -0.05) is 119 Å². The Bertz CT molecular complexity index is 1360. The molecule has 0 radical (unpaired) electrons. The van der Waals surface area contributed by atoms with Crippen LogP contribution in [0, 0.1) is 6.92 Å². The van der Waals surface area contributed by atoms with Crippen LogP contribution in [0.25, 0.3) is 6.08 Å². The average Bonchev–Trinajstić information content (AvgIpc) is 3.15. The zero-order valence-corrected chi connectivity index (χ0v) is 24.1. The summed E-state index contributed by atoms with van der Waals surface area (Å²) < 4.78 is 4.42. The van der Waals surface area contributed by atoms with Crippen molar-refractivity contribution in [3.63, 3.8) is 0 Å². The molecule has 3 aromatic rings. The van der Waals surface area contributed by atoms with Gasteiger partial charge >= 0.3 is 0 Å². The Morgan fingerprint density at radius 3 is 2.45 bits per heavy atom. The van der Waals surface area contributed by atoms with E-state index in [1.807, 2.05) is 43.3 Å². The van der Waals surface area contributed by atoms with E-state index in [9.17, 15) is 9.59 Å². The van der Waals surface area contributed by atoms with E-state index in [2.05, 4.69) is 5.32 Å². The van der Waals surface area contributed by atoms with Crippen LogP contribution >= 0.6 is 58.8 Å². The van der Waals surface area contributed by atoms with Gasteiger partial charge in [0.15, 0.2) is 0 Å². The van der Waals surface area contributed by atoms with Gasteiger partial charge in [-0.15, -0.1) is 0 Å². The minimum Gasteiger partial charge on any atom is -0.466 e. The molecule has 1 fully saturated rings. The molecule has 0 unspecified atom stereocenters. The van der Waals surface area contributed by atoms with Gasteiger partial charge < -0.3 is 10.1 Å². The van der Waals surface area contributed by atoms with E-state index >= 15 is 0 Å². The fourth-order valence-corrected chi connectivity index (χ4v) is 5.28. The average molecular weight is 606 g/mol. The Morgan fingerprint density at radius 2 is 1.79 bits per heavy atom. The molecule has 38 heavy (non-hydrogen) atoms. The lowest BCUT2D eigenvalue weighted by Crippen LogP contribution is -2.47. The maximum absolute atomic E-state index is 12.9. The zero-order valence-electron chi connectivity index (χ0n) is 20.2. The normalized spacial score (nSPS) is 15.6. The number of nitrogens with one attached hydrogen (secondary N) is 1. The summed E-state index contributed by atoms with van der Waals surface area (Å²) in [7, 11) is 0. The van der Waals surface area contributed by atoms with E-state index in [0.29, 0.717) is 27.1 Å². The SMILES string of the molecule is Cc1cccc(C(=O)N[C@@H](Oc2ccc(/C=C3\SC(=S)N(CCc4ccccc4)C3=O)cc2)C(Cl)(Cl)Cl)c1. The first-order valence-electron chi connectivity index (χ1n) is 11.6. The van der Waals surface area contributed by atoms with Crippen molar-refractivity contribution in [1.82, 2.24) is 10.2 Å². The lowest BCUT2D eigenvalue weighted by Gasteiger charge is -2.26. The van der Waals surface area contributed by atoms with Crippen LogP contribution < -0.4 is 10.1 Å². The highest BCUT2D eigenvalue weighted by Gasteiger charge is 2.36. The number of amides is 2. The van der Waals surface area contributed by atoms with E-state index in [1.54, 1.807) is 53.4 Å². The first-order chi connectivity index (χ1) is 18.1. The van der Waals surface area contributed by atoms with Crippen molar-refractivity contribution in [2.75, 3.05) is 6.54 Å². The lowest BCUT2D eigenvalue weighted by atomic mass is 10.1. The number of thioether (sulfide) groups is 1. The number of hydrogen-bond acceptors (Lipinski definition) is 5. The highest BCUT2D eigenvalue weighted by molar-refractivity contribution is 8.26. The molecule has 0 spiro atoms. The van der Waals surface area contributed by atoms with Crippen LogP contribution in [0.4, 0.5) is 0 Å². The van der Waals surface area contributed by atoms with Crippen molar-refractivity contribution in [3.8, 4) is 5.75 Å². The number of alkyl halides is 3. The summed E-state index contributed by atoms with van der Waals surface area (Å²) in [5.41, 5.74) is 3.26. The van der Waals surface area contributed by atoms with Crippen molar-refractivity contribution >= 4 is 81.0 Å². The molecule has 0 aliphatic carbocycles. The molecule has 196 valence electrons. The number of ether oxygens (including phenoxy) is 1. The highest BCUT2D eigenvalue weighted by atomic mass is 35.6. The summed E-state index contributed by atoms with van der Waals surface area (Å²) in [6.07, 6.45) is 1.25. The van der Waals surface area contributed by atoms with Crippen molar-refractivity contribution < 1.29 is 14.3 Å². The molecule has 2 amide bonds. The Morgan fingerprint density at radius 1 is 1.08 bits per heavy atom. The summed E-state index contributed by atoms with van der Waals surface area (Å²) in [5, 5.41) is 2.62. The minimum atomic E-state index is -1.92. The van der Waals surface area contributed by atoms with Gasteiger partial charge in [0.1, 0.15) is 10.1 Å². The third kappa shape index (κ3) is 7.52. The van der Waals surface area contributed by atoms with Crippen LogP contribution in [-0.2, 0) is 11.2 Å². The van der Waals surface area contributed by atoms with Crippen molar-refractivity contribution in [2.45, 2.75) is 23.4 Å². The van der Waals surface area contributed by atoms with Crippen LogP contribution in [0.3, 0.4) is 0 Å². The number of rotatable bonds is 8. The molecule has 0 saturated carbocycles. The Kier molecular flexibility index (Phi) is 9.39. The molecule has 1 atom stereocenters. The monoisotopic (exact) mass is 604 g/mol. The molecule has 5 nitrogen and oxygen atoms in total. The van der Waals surface area contributed by atoms with Gasteiger partial charge in [-0.25, -0.2) is 0 Å². The number of benzene rings is 3. The largest absolute Gasteiger partial charge is 0.466 e. The highest BCUT2D eigenvalue weighted by Crippen LogP contribution is 2.34. The van der Waals surface area contributed by atoms with Crippen LogP contribution in [0.2, 0.25) is 0 Å². The minimum absolute atomic E-state index is 0.119. The van der Waals surface area contributed by atoms with Crippen molar-refractivity contribution in [3.05, 3.63) is 106 Å². The van der Waals surface area contributed by atoms with Gasteiger partial charge in [0.2, 0.25) is 10.0 Å². The second kappa shape index (κ2) is 12.5. The molecule has 1 N–H and O–H groups in total. The second-order valence-corrected chi connectivity index (χ2v) is 12.6. The van der Waals surface area contributed by atoms with Gasteiger partial charge in [-0.05, 0) is 54.8 Å². The van der Waals surface area contributed by atoms with Gasteiger partial charge in [-0.2, -0.15) is 0 Å². The molecule has 1 saturated heterocycles. The third-order valence-corrected chi connectivity index (χ3v) is 7.58. The fraction of sp³-hybridized carbons (Fsp3) is 0.179. The smallest absolute Gasteiger partial charge is 0.266 e. The predicted molar refractivity (Wildman–Crippen MR) is 160 cm³/mol. The molecular formula is C28H23Cl3N2O3S2. The van der Waals surface area contributed by atoms with Crippen LogP contribution in [-0.4, -0.2) is 37.6 Å². The summed E-state index contributed by atoms with van der Waals surface area (Å²) in [4.78, 5) is 27.8. The molecule has 0 aromatic heterocycles. The predicted octanol–water partition coefficient (Wildman–Crippen LogP) is 6.94. The number of aryl methyl sites for hydroxylation is 1. The standard InChI is InChI=1S/C28H23Cl3N2O3S2/c1-18-6-5-9-21(16-18)24(34)32-26(28(29,30)31)36-22-12-10-20(11-13-22)17-23-25(35)33(27(37)38-23)15-14-19-7-3-2-4-8-19/h2-13,16-17,26H,14-15H2,1H3,(H,32,34)/b23-17-/t26-/m0/s1. The Labute approximate surface area is 246 Å². The molecular weight excluding hydrogens is 583 g/mol. The molecule has 1 aliphatic rings. The molecule has 10 heteroatoms. The summed E-state index contributed by atoms with van der Waals surface area (Å²) >= 11 is 25.0. The van der Waals surface area contributed by atoms with Crippen LogP contribution in [0.5, 0.6) is 5.75 Å². The Hall–Kier alpha value is -2.55. The number of carbonyl (C=O) groups is 2. The summed E-state index contributed by atoms with van der Waals surface area (Å²) in [5.74, 6) is -0.180. The molecule has 1 heterocycles. The molecule has 3 aromatic carbocycles. The molecule has 1 aliphatic heterocycles.